The van der Waals surface area contributed by atoms with Crippen molar-refractivity contribution in [2.45, 2.75) is 19.6 Å². The van der Waals surface area contributed by atoms with Crippen LogP contribution in [0.25, 0.3) is 10.1 Å². The highest BCUT2D eigenvalue weighted by atomic mass is 127. The van der Waals surface area contributed by atoms with Crippen molar-refractivity contribution in [1.29, 1.82) is 0 Å². The first kappa shape index (κ1) is 20.1. The van der Waals surface area contributed by atoms with E-state index >= 15 is 0 Å². The predicted molar refractivity (Wildman–Crippen MR) is 117 cm³/mol. The third kappa shape index (κ3) is 5.37. The van der Waals surface area contributed by atoms with Crippen LogP contribution in [0.5, 0.6) is 0 Å². The minimum atomic E-state index is -0.567. The zero-order chi connectivity index (χ0) is 16.9. The Labute approximate surface area is 172 Å². The molecule has 1 aromatic carbocycles. The molecule has 1 unspecified atom stereocenters. The third-order valence-electron chi connectivity index (χ3n) is 3.53. The number of hydrogen-bond donors (Lipinski definition) is 3. The molecule has 3 N–H and O–H groups in total. The van der Waals surface area contributed by atoms with Gasteiger partial charge in [0.05, 0.1) is 6.54 Å². The van der Waals surface area contributed by atoms with Gasteiger partial charge in [0, 0.05) is 34.2 Å². The number of nitrogens with one attached hydrogen (secondary N) is 2. The van der Waals surface area contributed by atoms with Gasteiger partial charge in [-0.15, -0.1) is 46.7 Å². The van der Waals surface area contributed by atoms with Crippen molar-refractivity contribution in [2.75, 3.05) is 13.6 Å². The molecule has 0 aliphatic rings. The molecule has 0 spiro atoms. The van der Waals surface area contributed by atoms with Crippen LogP contribution in [-0.2, 0) is 6.54 Å². The van der Waals surface area contributed by atoms with E-state index in [1.54, 1.807) is 29.7 Å². The average Bonchev–Trinajstić information content (AvgIpc) is 3.20. The summed E-state index contributed by atoms with van der Waals surface area (Å²) in [6.07, 6.45) is -0.567. The van der Waals surface area contributed by atoms with Gasteiger partial charge in [-0.2, -0.15) is 0 Å². The fourth-order valence-electron chi connectivity index (χ4n) is 2.32. The number of guanidine groups is 1. The number of aliphatic imine (C=N–C) groups is 1. The van der Waals surface area contributed by atoms with Crippen LogP contribution >= 0.6 is 46.7 Å². The second kappa shape index (κ2) is 9.46. The van der Waals surface area contributed by atoms with Crippen molar-refractivity contribution in [2.24, 2.45) is 4.99 Å². The first-order valence-corrected chi connectivity index (χ1v) is 9.37. The highest BCUT2D eigenvalue weighted by Crippen LogP contribution is 2.29. The van der Waals surface area contributed by atoms with E-state index in [4.69, 9.17) is 0 Å². The highest BCUT2D eigenvalue weighted by Gasteiger charge is 2.12. The second-order valence-corrected chi connectivity index (χ2v) is 7.45. The van der Waals surface area contributed by atoms with E-state index < -0.39 is 6.10 Å². The minimum Gasteiger partial charge on any atom is -0.386 e. The minimum absolute atomic E-state index is 0. The Bertz CT molecular complexity index is 813. The number of nitrogens with zero attached hydrogens (tertiary/aromatic N) is 2. The van der Waals surface area contributed by atoms with Gasteiger partial charge in [-0.3, -0.25) is 4.99 Å². The standard InChI is InChI=1S/C17H20N4OS2.HI/c1-11-10-23-16(21-11)9-20-17(18-2)19-8-13(22)15-7-12-5-3-4-6-14(12)24-15;/h3-7,10,13,22H,8-9H2,1-2H3,(H2,18,19,20);1H. The molecule has 8 heteroatoms. The summed E-state index contributed by atoms with van der Waals surface area (Å²) in [5, 5.41) is 21.0. The summed E-state index contributed by atoms with van der Waals surface area (Å²) in [6.45, 7) is 3.01. The molecule has 2 aromatic heterocycles. The van der Waals surface area contributed by atoms with E-state index in [2.05, 4.69) is 32.7 Å². The Morgan fingerprint density at radius 2 is 2.12 bits per heavy atom. The molecule has 0 saturated heterocycles. The topological polar surface area (TPSA) is 69.5 Å². The van der Waals surface area contributed by atoms with Gasteiger partial charge in [0.25, 0.3) is 0 Å². The van der Waals surface area contributed by atoms with Crippen LogP contribution in [0.15, 0.2) is 40.7 Å². The number of aliphatic hydroxyl groups excluding tert-OH is 1. The van der Waals surface area contributed by atoms with E-state index in [0.29, 0.717) is 19.0 Å². The fourth-order valence-corrected chi connectivity index (χ4v) is 4.09. The first-order chi connectivity index (χ1) is 11.7. The monoisotopic (exact) mass is 488 g/mol. The SMILES string of the molecule is CN=C(NCc1nc(C)cs1)NCC(O)c1cc2ccccc2s1.I. The number of halogens is 1. The van der Waals surface area contributed by atoms with E-state index in [1.165, 1.54) is 4.70 Å². The molecular weight excluding hydrogens is 467 g/mol. The average molecular weight is 488 g/mol. The number of benzene rings is 1. The second-order valence-electron chi connectivity index (χ2n) is 5.39. The summed E-state index contributed by atoms with van der Waals surface area (Å²) < 4.78 is 1.19. The molecule has 3 rings (SSSR count). The maximum absolute atomic E-state index is 10.4. The number of aryl methyl sites for hydroxylation is 1. The molecule has 0 aliphatic heterocycles. The van der Waals surface area contributed by atoms with Gasteiger partial charge >= 0.3 is 0 Å². The van der Waals surface area contributed by atoms with E-state index in [-0.39, 0.29) is 24.0 Å². The lowest BCUT2D eigenvalue weighted by molar-refractivity contribution is 0.184. The molecule has 0 radical (unpaired) electrons. The molecule has 0 aliphatic carbocycles. The number of aromatic nitrogens is 1. The molecule has 134 valence electrons. The van der Waals surface area contributed by atoms with Crippen molar-refractivity contribution in [3.63, 3.8) is 0 Å². The molecule has 2 heterocycles. The number of thiophene rings is 1. The number of aliphatic hydroxyl groups is 1. The zero-order valence-corrected chi connectivity index (χ0v) is 18.0. The molecule has 0 saturated carbocycles. The van der Waals surface area contributed by atoms with Gasteiger partial charge in [-0.1, -0.05) is 18.2 Å². The van der Waals surface area contributed by atoms with Crippen LogP contribution in [0.4, 0.5) is 0 Å². The van der Waals surface area contributed by atoms with E-state index in [9.17, 15) is 5.11 Å². The van der Waals surface area contributed by atoms with Gasteiger partial charge in [0.1, 0.15) is 11.1 Å². The highest BCUT2D eigenvalue weighted by molar-refractivity contribution is 14.0. The maximum Gasteiger partial charge on any atom is 0.191 e. The molecular formula is C17H21IN4OS2. The van der Waals surface area contributed by atoms with Gasteiger partial charge < -0.3 is 15.7 Å². The van der Waals surface area contributed by atoms with Crippen LogP contribution in [-0.4, -0.2) is 29.6 Å². The zero-order valence-electron chi connectivity index (χ0n) is 14.0. The van der Waals surface area contributed by atoms with Crippen LogP contribution in [0.2, 0.25) is 0 Å². The molecule has 5 nitrogen and oxygen atoms in total. The quantitative estimate of drug-likeness (QED) is 0.291. The summed E-state index contributed by atoms with van der Waals surface area (Å²) in [5.74, 6) is 0.656. The van der Waals surface area contributed by atoms with Crippen molar-refractivity contribution in [3.8, 4) is 0 Å². The molecule has 3 aromatic rings. The fraction of sp³-hybridized carbons (Fsp3) is 0.294. The van der Waals surface area contributed by atoms with Gasteiger partial charge in [-0.25, -0.2) is 4.98 Å². The van der Waals surface area contributed by atoms with E-state index in [1.807, 2.05) is 30.5 Å². The van der Waals surface area contributed by atoms with Crippen LogP contribution in [0.1, 0.15) is 21.7 Å². The first-order valence-electron chi connectivity index (χ1n) is 7.68. The van der Waals surface area contributed by atoms with Crippen LogP contribution in [0, 0.1) is 6.92 Å². The van der Waals surface area contributed by atoms with Gasteiger partial charge in [0.2, 0.25) is 0 Å². The molecule has 1 atom stereocenters. The Balaban J connectivity index is 0.00000225. The number of fused-ring (bicyclic) bond motifs is 1. The molecule has 0 amide bonds. The summed E-state index contributed by atoms with van der Waals surface area (Å²) in [5.41, 5.74) is 1.03. The molecule has 0 fully saturated rings. The van der Waals surface area contributed by atoms with E-state index in [0.717, 1.165) is 21.0 Å². The predicted octanol–water partition coefficient (Wildman–Crippen LogP) is 3.68. The number of hydrogen-bond acceptors (Lipinski definition) is 5. The Morgan fingerprint density at radius 1 is 1.32 bits per heavy atom. The third-order valence-corrected chi connectivity index (χ3v) is 5.72. The van der Waals surface area contributed by atoms with Gasteiger partial charge in [0.15, 0.2) is 5.96 Å². The summed E-state index contributed by atoms with van der Waals surface area (Å²) in [4.78, 5) is 9.54. The van der Waals surface area contributed by atoms with Crippen molar-refractivity contribution in [3.05, 3.63) is 51.3 Å². The number of thiazole rings is 1. The molecule has 0 bridgehead atoms. The Morgan fingerprint density at radius 3 is 2.80 bits per heavy atom. The van der Waals surface area contributed by atoms with Crippen molar-refractivity contribution < 1.29 is 5.11 Å². The largest absolute Gasteiger partial charge is 0.386 e. The normalized spacial score (nSPS) is 12.7. The van der Waals surface area contributed by atoms with Crippen molar-refractivity contribution in [1.82, 2.24) is 15.6 Å². The lowest BCUT2D eigenvalue weighted by Gasteiger charge is -2.14. The smallest absolute Gasteiger partial charge is 0.191 e. The summed E-state index contributed by atoms with van der Waals surface area (Å²) >= 11 is 3.24. The van der Waals surface area contributed by atoms with Crippen LogP contribution < -0.4 is 10.6 Å². The summed E-state index contributed by atoms with van der Waals surface area (Å²) in [6, 6.07) is 10.2. The summed E-state index contributed by atoms with van der Waals surface area (Å²) in [7, 11) is 1.72. The maximum atomic E-state index is 10.4. The van der Waals surface area contributed by atoms with Crippen LogP contribution in [0.3, 0.4) is 0 Å². The molecule has 25 heavy (non-hydrogen) atoms. The Kier molecular flexibility index (Phi) is 7.60. The lowest BCUT2D eigenvalue weighted by Crippen LogP contribution is -2.38. The lowest BCUT2D eigenvalue weighted by atomic mass is 10.2. The van der Waals surface area contributed by atoms with Gasteiger partial charge in [-0.05, 0) is 24.4 Å². The Hall–Kier alpha value is -1.23. The number of rotatable bonds is 5. The van der Waals surface area contributed by atoms with Crippen molar-refractivity contribution >= 4 is 62.7 Å².